The van der Waals surface area contributed by atoms with Crippen molar-refractivity contribution in [3.05, 3.63) is 0 Å². The lowest BCUT2D eigenvalue weighted by Gasteiger charge is -2.26. The number of nitrogens with zero attached hydrogens (tertiary/aromatic N) is 1. The van der Waals surface area contributed by atoms with Gasteiger partial charge in [-0.25, -0.2) is 0 Å². The molecule has 0 aliphatic carbocycles. The van der Waals surface area contributed by atoms with Crippen LogP contribution in [0.4, 0.5) is 0 Å². The monoisotopic (exact) mass is 249 g/mol. The van der Waals surface area contributed by atoms with E-state index in [4.69, 9.17) is 4.74 Å². The van der Waals surface area contributed by atoms with Gasteiger partial charge >= 0.3 is 0 Å². The van der Waals surface area contributed by atoms with Gasteiger partial charge < -0.3 is 9.64 Å². The molecule has 0 spiro atoms. The van der Waals surface area contributed by atoms with Crippen molar-refractivity contribution in [2.24, 2.45) is 5.92 Å². The predicted molar refractivity (Wildman–Crippen MR) is 59.5 cm³/mol. The van der Waals surface area contributed by atoms with E-state index < -0.39 is 0 Å². The Bertz CT molecular complexity index is 126. The molecule has 2 nitrogen and oxygen atoms in total. The Morgan fingerprint density at radius 1 is 1.54 bits per heavy atom. The third-order valence-electron chi connectivity index (χ3n) is 2.50. The van der Waals surface area contributed by atoms with Crippen LogP contribution in [0.3, 0.4) is 0 Å². The van der Waals surface area contributed by atoms with Crippen molar-refractivity contribution in [3.8, 4) is 0 Å². The second-order valence-corrected chi connectivity index (χ2v) is 4.68. The van der Waals surface area contributed by atoms with Crippen molar-refractivity contribution in [3.63, 3.8) is 0 Å². The number of rotatable bonds is 5. The summed E-state index contributed by atoms with van der Waals surface area (Å²) in [6.45, 7) is 4.34. The summed E-state index contributed by atoms with van der Waals surface area (Å²) in [6.07, 6.45) is 3.83. The Hall–Kier alpha value is 0.400. The highest BCUT2D eigenvalue weighted by Gasteiger charge is 2.15. The zero-order valence-electron chi connectivity index (χ0n) is 8.47. The minimum atomic E-state index is 0.772. The zero-order valence-corrected chi connectivity index (χ0v) is 10.1. The molecule has 0 aromatic carbocycles. The maximum atomic E-state index is 5.45. The van der Waals surface area contributed by atoms with Crippen LogP contribution in [0.2, 0.25) is 0 Å². The van der Waals surface area contributed by atoms with Crippen molar-refractivity contribution in [2.75, 3.05) is 38.7 Å². The molecule has 3 heteroatoms. The molecule has 1 aliphatic heterocycles. The molecule has 1 rings (SSSR count). The maximum Gasteiger partial charge on any atom is 0.0506 e. The summed E-state index contributed by atoms with van der Waals surface area (Å²) in [5.41, 5.74) is 0. The average molecular weight is 250 g/mol. The molecule has 1 atom stereocenters. The minimum Gasteiger partial charge on any atom is -0.381 e. The van der Waals surface area contributed by atoms with Gasteiger partial charge in [0.25, 0.3) is 0 Å². The van der Waals surface area contributed by atoms with Crippen LogP contribution in [0.1, 0.15) is 19.3 Å². The largest absolute Gasteiger partial charge is 0.381 e. The van der Waals surface area contributed by atoms with Crippen LogP contribution in [0.15, 0.2) is 0 Å². The lowest BCUT2D eigenvalue weighted by Crippen LogP contribution is -2.31. The number of hydrogen-bond acceptors (Lipinski definition) is 2. The van der Waals surface area contributed by atoms with Gasteiger partial charge in [0, 0.05) is 18.5 Å². The predicted octanol–water partition coefficient (Wildman–Crippen LogP) is 2.13. The first-order valence-electron chi connectivity index (χ1n) is 5.15. The van der Waals surface area contributed by atoms with Crippen LogP contribution in [-0.2, 0) is 4.74 Å². The molecule has 0 bridgehead atoms. The summed E-state index contributed by atoms with van der Waals surface area (Å²) >= 11 is 3.45. The fraction of sp³-hybridized carbons (Fsp3) is 1.00. The number of ether oxygens (including phenoxy) is 1. The van der Waals surface area contributed by atoms with E-state index in [9.17, 15) is 0 Å². The van der Waals surface area contributed by atoms with Gasteiger partial charge in [0.1, 0.15) is 0 Å². The van der Waals surface area contributed by atoms with Gasteiger partial charge in [-0.3, -0.25) is 0 Å². The number of alkyl halides is 1. The molecule has 1 heterocycles. The Balaban J connectivity index is 2.07. The van der Waals surface area contributed by atoms with E-state index in [2.05, 4.69) is 27.9 Å². The topological polar surface area (TPSA) is 12.5 Å². The summed E-state index contributed by atoms with van der Waals surface area (Å²) in [5, 5.41) is 1.11. The van der Waals surface area contributed by atoms with Gasteiger partial charge in [0.05, 0.1) is 6.61 Å². The highest BCUT2D eigenvalue weighted by molar-refractivity contribution is 9.09. The molecule has 1 unspecified atom stereocenters. The van der Waals surface area contributed by atoms with Gasteiger partial charge in [0.2, 0.25) is 0 Å². The summed E-state index contributed by atoms with van der Waals surface area (Å²) in [6, 6.07) is 0. The maximum absolute atomic E-state index is 5.45. The lowest BCUT2D eigenvalue weighted by molar-refractivity contribution is 0.0421. The van der Waals surface area contributed by atoms with E-state index in [1.54, 1.807) is 0 Å². The highest BCUT2D eigenvalue weighted by atomic mass is 79.9. The number of hydrogen-bond donors (Lipinski definition) is 0. The molecular formula is C10H20BrNO. The summed E-state index contributed by atoms with van der Waals surface area (Å²) in [4.78, 5) is 2.42. The third-order valence-corrected chi connectivity index (χ3v) is 3.06. The highest BCUT2D eigenvalue weighted by Crippen LogP contribution is 2.14. The van der Waals surface area contributed by atoms with E-state index in [1.165, 1.54) is 32.4 Å². The van der Waals surface area contributed by atoms with Crippen molar-refractivity contribution in [1.29, 1.82) is 0 Å². The first-order chi connectivity index (χ1) is 6.33. The third kappa shape index (κ3) is 4.99. The zero-order chi connectivity index (χ0) is 9.52. The smallest absolute Gasteiger partial charge is 0.0506 e. The molecule has 0 amide bonds. The average Bonchev–Trinajstić information content (AvgIpc) is 2.16. The van der Waals surface area contributed by atoms with Crippen molar-refractivity contribution in [2.45, 2.75) is 19.3 Å². The lowest BCUT2D eigenvalue weighted by atomic mass is 10.0. The molecule has 0 N–H and O–H groups in total. The van der Waals surface area contributed by atoms with E-state index in [1.807, 2.05) is 0 Å². The Kier molecular flexibility index (Phi) is 6.00. The van der Waals surface area contributed by atoms with Crippen LogP contribution in [-0.4, -0.2) is 43.6 Å². The van der Waals surface area contributed by atoms with Crippen LogP contribution < -0.4 is 0 Å². The standard InChI is InChI=1S/C10H20BrNO/c1-12(6-3-5-11)8-10-4-2-7-13-9-10/h10H,2-9H2,1H3. The molecule has 1 aliphatic rings. The molecule has 0 aromatic rings. The second kappa shape index (κ2) is 6.80. The van der Waals surface area contributed by atoms with Gasteiger partial charge in [-0.15, -0.1) is 0 Å². The van der Waals surface area contributed by atoms with Gasteiger partial charge in [-0.2, -0.15) is 0 Å². The molecule has 1 fully saturated rings. The van der Waals surface area contributed by atoms with Crippen LogP contribution >= 0.6 is 15.9 Å². The van der Waals surface area contributed by atoms with Gasteiger partial charge in [-0.05, 0) is 38.8 Å². The molecule has 0 aromatic heterocycles. The molecule has 78 valence electrons. The van der Waals surface area contributed by atoms with E-state index in [-0.39, 0.29) is 0 Å². The van der Waals surface area contributed by atoms with Crippen molar-refractivity contribution >= 4 is 15.9 Å². The Morgan fingerprint density at radius 2 is 2.38 bits per heavy atom. The van der Waals surface area contributed by atoms with Gasteiger partial charge in [-0.1, -0.05) is 15.9 Å². The minimum absolute atomic E-state index is 0.772. The quantitative estimate of drug-likeness (QED) is 0.693. The van der Waals surface area contributed by atoms with Crippen LogP contribution in [0, 0.1) is 5.92 Å². The van der Waals surface area contributed by atoms with E-state index in [0.717, 1.165) is 24.5 Å². The van der Waals surface area contributed by atoms with Crippen molar-refractivity contribution < 1.29 is 4.74 Å². The first kappa shape index (κ1) is 11.5. The van der Waals surface area contributed by atoms with Gasteiger partial charge in [0.15, 0.2) is 0 Å². The molecule has 1 saturated heterocycles. The molecular weight excluding hydrogens is 230 g/mol. The van der Waals surface area contributed by atoms with E-state index in [0.29, 0.717) is 0 Å². The van der Waals surface area contributed by atoms with E-state index >= 15 is 0 Å². The normalized spacial score (nSPS) is 23.8. The molecule has 0 saturated carbocycles. The fourth-order valence-corrected chi connectivity index (χ4v) is 2.06. The first-order valence-corrected chi connectivity index (χ1v) is 6.27. The SMILES string of the molecule is CN(CCCBr)CC1CCCOC1. The second-order valence-electron chi connectivity index (χ2n) is 3.89. The van der Waals surface area contributed by atoms with Crippen LogP contribution in [0.25, 0.3) is 0 Å². The Morgan fingerprint density at radius 3 is 3.00 bits per heavy atom. The molecule has 13 heavy (non-hydrogen) atoms. The number of halogens is 1. The van der Waals surface area contributed by atoms with Crippen LogP contribution in [0.5, 0.6) is 0 Å². The molecule has 0 radical (unpaired) electrons. The van der Waals surface area contributed by atoms with Crippen molar-refractivity contribution in [1.82, 2.24) is 4.90 Å². The fourth-order valence-electron chi connectivity index (χ4n) is 1.81. The summed E-state index contributed by atoms with van der Waals surface area (Å²) in [7, 11) is 2.21. The Labute approximate surface area is 89.8 Å². The summed E-state index contributed by atoms with van der Waals surface area (Å²) < 4.78 is 5.45. The summed E-state index contributed by atoms with van der Waals surface area (Å²) in [5.74, 6) is 0.772.